The molecular formula is C15H18N4O. The number of carbonyl (C=O) groups excluding carboxylic acids is 1. The van der Waals surface area contributed by atoms with Crippen molar-refractivity contribution in [1.82, 2.24) is 14.5 Å². The number of nitrogens with two attached hydrogens (primary N) is 1. The molecule has 1 saturated heterocycles. The van der Waals surface area contributed by atoms with Crippen LogP contribution in [0.2, 0.25) is 0 Å². The number of nitrogens with zero attached hydrogens (tertiary/aromatic N) is 3. The molecule has 3 rings (SSSR count). The summed E-state index contributed by atoms with van der Waals surface area (Å²) in [5, 5.41) is 0. The van der Waals surface area contributed by atoms with Gasteiger partial charge in [0, 0.05) is 36.7 Å². The SMILES string of the molecule is NC[C@@H]1CCN(C(=O)c2cccc(-n3ccnc3)c2)C1. The fourth-order valence-corrected chi connectivity index (χ4v) is 2.60. The van der Waals surface area contributed by atoms with Crippen LogP contribution in [0, 0.1) is 5.92 Å². The predicted molar refractivity (Wildman–Crippen MR) is 76.6 cm³/mol. The summed E-state index contributed by atoms with van der Waals surface area (Å²) >= 11 is 0. The molecule has 5 heteroatoms. The Morgan fingerprint density at radius 2 is 2.35 bits per heavy atom. The normalized spacial score (nSPS) is 18.4. The first-order chi connectivity index (χ1) is 9.78. The maximum absolute atomic E-state index is 12.5. The van der Waals surface area contributed by atoms with Gasteiger partial charge in [0.25, 0.3) is 5.91 Å². The van der Waals surface area contributed by atoms with E-state index >= 15 is 0 Å². The third-order valence-corrected chi connectivity index (χ3v) is 3.80. The maximum Gasteiger partial charge on any atom is 0.253 e. The van der Waals surface area contributed by atoms with Gasteiger partial charge in [-0.1, -0.05) is 6.07 Å². The highest BCUT2D eigenvalue weighted by molar-refractivity contribution is 5.95. The molecule has 1 aliphatic heterocycles. The molecule has 1 atom stereocenters. The second-order valence-electron chi connectivity index (χ2n) is 5.16. The smallest absolute Gasteiger partial charge is 0.253 e. The van der Waals surface area contributed by atoms with Crippen LogP contribution >= 0.6 is 0 Å². The van der Waals surface area contributed by atoms with Gasteiger partial charge in [0.05, 0.1) is 6.33 Å². The number of carbonyl (C=O) groups is 1. The summed E-state index contributed by atoms with van der Waals surface area (Å²) < 4.78 is 1.89. The van der Waals surface area contributed by atoms with E-state index in [0.29, 0.717) is 18.0 Å². The van der Waals surface area contributed by atoms with Crippen molar-refractivity contribution in [3.05, 3.63) is 48.5 Å². The first-order valence-electron chi connectivity index (χ1n) is 6.85. The molecular weight excluding hydrogens is 252 g/mol. The summed E-state index contributed by atoms with van der Waals surface area (Å²) in [7, 11) is 0. The van der Waals surface area contributed by atoms with E-state index in [4.69, 9.17) is 5.73 Å². The van der Waals surface area contributed by atoms with Gasteiger partial charge in [-0.2, -0.15) is 0 Å². The quantitative estimate of drug-likeness (QED) is 0.914. The van der Waals surface area contributed by atoms with Crippen molar-refractivity contribution >= 4 is 5.91 Å². The number of hydrogen-bond donors (Lipinski definition) is 1. The Labute approximate surface area is 118 Å². The van der Waals surface area contributed by atoms with Gasteiger partial charge in [0.2, 0.25) is 0 Å². The van der Waals surface area contributed by atoms with Crippen LogP contribution in [0.5, 0.6) is 0 Å². The molecule has 5 nitrogen and oxygen atoms in total. The standard InChI is InChI=1S/C15H18N4O/c16-9-12-4-6-18(10-12)15(20)13-2-1-3-14(8-13)19-7-5-17-11-19/h1-3,5,7-8,11-12H,4,6,9-10,16H2/t12-/m0/s1. The second-order valence-corrected chi connectivity index (χ2v) is 5.16. The van der Waals surface area contributed by atoms with Gasteiger partial charge in [-0.15, -0.1) is 0 Å². The van der Waals surface area contributed by atoms with Crippen molar-refractivity contribution in [1.29, 1.82) is 0 Å². The van der Waals surface area contributed by atoms with E-state index in [1.807, 2.05) is 39.9 Å². The van der Waals surface area contributed by atoms with Crippen molar-refractivity contribution in [2.75, 3.05) is 19.6 Å². The zero-order valence-electron chi connectivity index (χ0n) is 11.3. The van der Waals surface area contributed by atoms with Gasteiger partial charge in [0.1, 0.15) is 0 Å². The van der Waals surface area contributed by atoms with E-state index < -0.39 is 0 Å². The molecule has 1 fully saturated rings. The van der Waals surface area contributed by atoms with Crippen molar-refractivity contribution in [2.24, 2.45) is 11.7 Å². The fourth-order valence-electron chi connectivity index (χ4n) is 2.60. The van der Waals surface area contributed by atoms with E-state index in [2.05, 4.69) is 4.98 Å². The Morgan fingerprint density at radius 1 is 1.45 bits per heavy atom. The average molecular weight is 270 g/mol. The number of rotatable bonds is 3. The van der Waals surface area contributed by atoms with Crippen LogP contribution in [0.3, 0.4) is 0 Å². The molecule has 104 valence electrons. The van der Waals surface area contributed by atoms with Crippen LogP contribution in [0.15, 0.2) is 43.0 Å². The number of likely N-dealkylation sites (tertiary alicyclic amines) is 1. The molecule has 0 unspecified atom stereocenters. The monoisotopic (exact) mass is 270 g/mol. The summed E-state index contributed by atoms with van der Waals surface area (Å²) in [5.74, 6) is 0.527. The van der Waals surface area contributed by atoms with Crippen LogP contribution in [0.25, 0.3) is 5.69 Å². The van der Waals surface area contributed by atoms with Crippen LogP contribution in [0.1, 0.15) is 16.8 Å². The van der Waals surface area contributed by atoms with Crippen LogP contribution in [-0.2, 0) is 0 Å². The largest absolute Gasteiger partial charge is 0.338 e. The summed E-state index contributed by atoms with van der Waals surface area (Å²) in [6, 6.07) is 7.63. The van der Waals surface area contributed by atoms with Crippen LogP contribution in [0.4, 0.5) is 0 Å². The molecule has 0 saturated carbocycles. The lowest BCUT2D eigenvalue weighted by Gasteiger charge is -2.16. The molecule has 0 spiro atoms. The van der Waals surface area contributed by atoms with Gasteiger partial charge >= 0.3 is 0 Å². The molecule has 1 amide bonds. The summed E-state index contributed by atoms with van der Waals surface area (Å²) in [5.41, 5.74) is 7.34. The summed E-state index contributed by atoms with van der Waals surface area (Å²) in [6.07, 6.45) is 6.32. The van der Waals surface area contributed by atoms with Gasteiger partial charge in [0.15, 0.2) is 0 Å². The number of aromatic nitrogens is 2. The molecule has 1 aromatic heterocycles. The molecule has 0 aliphatic carbocycles. The van der Waals surface area contributed by atoms with Gasteiger partial charge < -0.3 is 15.2 Å². The molecule has 2 heterocycles. The Bertz CT molecular complexity index is 594. The summed E-state index contributed by atoms with van der Waals surface area (Å²) in [6.45, 7) is 2.22. The Balaban J connectivity index is 1.80. The zero-order valence-corrected chi connectivity index (χ0v) is 11.3. The lowest BCUT2D eigenvalue weighted by Crippen LogP contribution is -2.29. The molecule has 1 aliphatic rings. The molecule has 0 radical (unpaired) electrons. The zero-order chi connectivity index (χ0) is 13.9. The number of benzene rings is 1. The third kappa shape index (κ3) is 2.44. The molecule has 2 N–H and O–H groups in total. The van der Waals surface area contributed by atoms with Crippen molar-refractivity contribution < 1.29 is 4.79 Å². The van der Waals surface area contributed by atoms with Gasteiger partial charge in [-0.05, 0) is 37.1 Å². The van der Waals surface area contributed by atoms with Crippen molar-refractivity contribution in [3.8, 4) is 5.69 Å². The minimum atomic E-state index is 0.0860. The second kappa shape index (κ2) is 5.46. The molecule has 20 heavy (non-hydrogen) atoms. The summed E-state index contributed by atoms with van der Waals surface area (Å²) in [4.78, 5) is 18.4. The van der Waals surface area contributed by atoms with Crippen LogP contribution in [-0.4, -0.2) is 40.0 Å². The number of amides is 1. The molecule has 0 bridgehead atoms. The van der Waals surface area contributed by atoms with Crippen molar-refractivity contribution in [3.63, 3.8) is 0 Å². The highest BCUT2D eigenvalue weighted by Crippen LogP contribution is 2.19. The molecule has 2 aromatic rings. The lowest BCUT2D eigenvalue weighted by atomic mass is 10.1. The minimum absolute atomic E-state index is 0.0860. The Morgan fingerprint density at radius 3 is 3.05 bits per heavy atom. The van der Waals surface area contributed by atoms with Crippen molar-refractivity contribution in [2.45, 2.75) is 6.42 Å². The number of imidazole rings is 1. The minimum Gasteiger partial charge on any atom is -0.338 e. The van der Waals surface area contributed by atoms with E-state index in [-0.39, 0.29) is 5.91 Å². The first-order valence-corrected chi connectivity index (χ1v) is 6.85. The highest BCUT2D eigenvalue weighted by Gasteiger charge is 2.26. The van der Waals surface area contributed by atoms with E-state index in [9.17, 15) is 4.79 Å². The van der Waals surface area contributed by atoms with Crippen LogP contribution < -0.4 is 5.73 Å². The Hall–Kier alpha value is -2.14. The van der Waals surface area contributed by atoms with Gasteiger partial charge in [-0.25, -0.2) is 4.98 Å². The van der Waals surface area contributed by atoms with E-state index in [0.717, 1.165) is 25.2 Å². The topological polar surface area (TPSA) is 64.2 Å². The highest BCUT2D eigenvalue weighted by atomic mass is 16.2. The first kappa shape index (κ1) is 12.9. The number of hydrogen-bond acceptors (Lipinski definition) is 3. The Kier molecular flexibility index (Phi) is 3.52. The predicted octanol–water partition coefficient (Wildman–Crippen LogP) is 1.29. The third-order valence-electron chi connectivity index (χ3n) is 3.80. The lowest BCUT2D eigenvalue weighted by molar-refractivity contribution is 0.0787. The maximum atomic E-state index is 12.5. The fraction of sp³-hybridized carbons (Fsp3) is 0.333. The van der Waals surface area contributed by atoms with E-state index in [1.54, 1.807) is 12.5 Å². The molecule has 1 aromatic carbocycles. The van der Waals surface area contributed by atoms with E-state index in [1.165, 1.54) is 0 Å². The van der Waals surface area contributed by atoms with Gasteiger partial charge in [-0.3, -0.25) is 4.79 Å². The average Bonchev–Trinajstić information content (AvgIpc) is 3.17.